The van der Waals surface area contributed by atoms with Crippen LogP contribution in [0.1, 0.15) is 18.4 Å². The van der Waals surface area contributed by atoms with Gasteiger partial charge >= 0.3 is 0 Å². The molecule has 1 aromatic rings. The average Bonchev–Trinajstić information content (AvgIpc) is 2.66. The van der Waals surface area contributed by atoms with Crippen molar-refractivity contribution in [2.24, 2.45) is 0 Å². The van der Waals surface area contributed by atoms with E-state index in [0.717, 1.165) is 28.6 Å². The number of ether oxygens (including phenoxy) is 1. The van der Waals surface area contributed by atoms with Gasteiger partial charge in [0.1, 0.15) is 5.75 Å². The maximum absolute atomic E-state index is 9.70. The van der Waals surface area contributed by atoms with Crippen LogP contribution in [0.4, 0.5) is 0 Å². The second-order valence-corrected chi connectivity index (χ2v) is 6.77. The lowest BCUT2D eigenvalue weighted by Crippen LogP contribution is -2.41. The molecule has 2 atom stereocenters. The van der Waals surface area contributed by atoms with E-state index in [2.05, 4.69) is 36.8 Å². The minimum atomic E-state index is 0.265. The number of nitrogens with zero attached hydrogens (tertiary/aromatic N) is 1. The number of halogens is 2. The van der Waals surface area contributed by atoms with E-state index in [4.69, 9.17) is 4.74 Å². The molecule has 1 N–H and O–H groups in total. The van der Waals surface area contributed by atoms with Gasteiger partial charge in [-0.15, -0.1) is 0 Å². The first kappa shape index (κ1) is 12.9. The molecule has 2 heterocycles. The molecule has 2 bridgehead atoms. The van der Waals surface area contributed by atoms with Crippen LogP contribution in [0.25, 0.3) is 0 Å². The van der Waals surface area contributed by atoms with Crippen molar-refractivity contribution in [3.63, 3.8) is 0 Å². The fourth-order valence-corrected chi connectivity index (χ4v) is 4.08. The smallest absolute Gasteiger partial charge is 0.143 e. The Balaban J connectivity index is 1.73. The fourth-order valence-electron chi connectivity index (χ4n) is 2.80. The number of fused-ring (bicyclic) bond motifs is 2. The Labute approximate surface area is 123 Å². The Kier molecular flexibility index (Phi) is 3.67. The second kappa shape index (κ2) is 5.12. The summed E-state index contributed by atoms with van der Waals surface area (Å²) in [5, 5.41) is 9.70. The Morgan fingerprint density at radius 1 is 1.17 bits per heavy atom. The monoisotopic (exact) mass is 375 g/mol. The molecule has 5 heteroatoms. The summed E-state index contributed by atoms with van der Waals surface area (Å²) in [6.45, 7) is 2.95. The van der Waals surface area contributed by atoms with Crippen LogP contribution in [-0.2, 0) is 11.3 Å². The number of phenolic OH excluding ortho intramolecular Hbond substituents is 1. The zero-order chi connectivity index (χ0) is 12.7. The lowest BCUT2D eigenvalue weighted by molar-refractivity contribution is -0.0410. The normalized spacial score (nSPS) is 27.7. The Morgan fingerprint density at radius 3 is 2.28 bits per heavy atom. The predicted molar refractivity (Wildman–Crippen MR) is 76.7 cm³/mol. The van der Waals surface area contributed by atoms with Crippen LogP contribution in [0, 0.1) is 0 Å². The lowest BCUT2D eigenvalue weighted by atomic mass is 10.2. The van der Waals surface area contributed by atoms with E-state index in [1.54, 1.807) is 0 Å². The molecule has 98 valence electrons. The van der Waals surface area contributed by atoms with Crippen LogP contribution in [0.2, 0.25) is 0 Å². The number of hydrogen-bond donors (Lipinski definition) is 1. The first-order valence-electron chi connectivity index (χ1n) is 6.16. The molecule has 18 heavy (non-hydrogen) atoms. The number of likely N-dealkylation sites (tertiary alicyclic amines) is 1. The van der Waals surface area contributed by atoms with Gasteiger partial charge in [0.25, 0.3) is 0 Å². The third kappa shape index (κ3) is 2.59. The van der Waals surface area contributed by atoms with Gasteiger partial charge in [-0.05, 0) is 62.4 Å². The van der Waals surface area contributed by atoms with Gasteiger partial charge in [-0.25, -0.2) is 0 Å². The van der Waals surface area contributed by atoms with E-state index >= 15 is 0 Å². The zero-order valence-electron chi connectivity index (χ0n) is 9.90. The second-order valence-electron chi connectivity index (χ2n) is 5.06. The molecule has 2 fully saturated rings. The summed E-state index contributed by atoms with van der Waals surface area (Å²) in [5.41, 5.74) is 1.20. The van der Waals surface area contributed by atoms with Gasteiger partial charge in [0.05, 0.1) is 21.2 Å². The van der Waals surface area contributed by atoms with Crippen molar-refractivity contribution in [3.05, 3.63) is 26.6 Å². The quantitative estimate of drug-likeness (QED) is 0.859. The van der Waals surface area contributed by atoms with Crippen molar-refractivity contribution >= 4 is 31.9 Å². The summed E-state index contributed by atoms with van der Waals surface area (Å²) < 4.78 is 7.31. The van der Waals surface area contributed by atoms with E-state index in [-0.39, 0.29) is 5.75 Å². The topological polar surface area (TPSA) is 32.7 Å². The van der Waals surface area contributed by atoms with E-state index < -0.39 is 0 Å². The number of hydrogen-bond acceptors (Lipinski definition) is 3. The number of phenols is 1. The fraction of sp³-hybridized carbons (Fsp3) is 0.538. The highest BCUT2D eigenvalue weighted by molar-refractivity contribution is 9.11. The van der Waals surface area contributed by atoms with Gasteiger partial charge in [-0.3, -0.25) is 4.90 Å². The molecule has 0 aliphatic carbocycles. The van der Waals surface area contributed by atoms with E-state index in [0.29, 0.717) is 12.2 Å². The first-order chi connectivity index (χ1) is 8.61. The minimum Gasteiger partial charge on any atom is -0.506 e. The maximum Gasteiger partial charge on any atom is 0.143 e. The summed E-state index contributed by atoms with van der Waals surface area (Å²) in [6.07, 6.45) is 3.24. The van der Waals surface area contributed by atoms with Gasteiger partial charge < -0.3 is 9.84 Å². The molecular formula is C13H15Br2NO2. The summed E-state index contributed by atoms with van der Waals surface area (Å²) in [6, 6.07) is 3.97. The van der Waals surface area contributed by atoms with Crippen molar-refractivity contribution in [3.8, 4) is 5.75 Å². The molecule has 3 nitrogen and oxygen atoms in total. The molecule has 0 saturated carbocycles. The molecule has 2 aliphatic heterocycles. The number of benzene rings is 1. The Morgan fingerprint density at radius 2 is 1.72 bits per heavy atom. The molecule has 2 aliphatic rings. The lowest BCUT2D eigenvalue weighted by Gasteiger charge is -2.32. The third-order valence-corrected chi connectivity index (χ3v) is 4.81. The van der Waals surface area contributed by atoms with Crippen molar-refractivity contribution in [1.29, 1.82) is 0 Å². The summed E-state index contributed by atoms with van der Waals surface area (Å²) in [4.78, 5) is 2.44. The molecule has 2 unspecified atom stereocenters. The molecule has 0 radical (unpaired) electrons. The van der Waals surface area contributed by atoms with Gasteiger partial charge in [-0.1, -0.05) is 0 Å². The van der Waals surface area contributed by atoms with Crippen molar-refractivity contribution in [1.82, 2.24) is 4.90 Å². The van der Waals surface area contributed by atoms with Crippen molar-refractivity contribution in [2.45, 2.75) is 31.6 Å². The van der Waals surface area contributed by atoms with Crippen LogP contribution >= 0.6 is 31.9 Å². The van der Waals surface area contributed by atoms with E-state index in [1.165, 1.54) is 18.4 Å². The van der Waals surface area contributed by atoms with Crippen molar-refractivity contribution in [2.75, 3.05) is 13.1 Å². The molecule has 0 aromatic heterocycles. The Hall–Kier alpha value is -0.100. The molecule has 3 rings (SSSR count). The van der Waals surface area contributed by atoms with Crippen LogP contribution in [-0.4, -0.2) is 35.3 Å². The number of morpholine rings is 1. The zero-order valence-corrected chi connectivity index (χ0v) is 13.1. The maximum atomic E-state index is 9.70. The molecular weight excluding hydrogens is 362 g/mol. The first-order valence-corrected chi connectivity index (χ1v) is 7.75. The standard InChI is InChI=1S/C13H15Br2NO2/c14-11-3-8(4-12(15)13(11)17)5-16-6-9-1-2-10(7-16)18-9/h3-4,9-10,17H,1-2,5-7H2. The Bertz CT molecular complexity index is 431. The van der Waals surface area contributed by atoms with Gasteiger partial charge in [-0.2, -0.15) is 0 Å². The van der Waals surface area contributed by atoms with E-state index in [9.17, 15) is 5.11 Å². The summed E-state index contributed by atoms with van der Waals surface area (Å²) in [5.74, 6) is 0.265. The highest BCUT2D eigenvalue weighted by Crippen LogP contribution is 2.34. The van der Waals surface area contributed by atoms with Crippen LogP contribution < -0.4 is 0 Å². The van der Waals surface area contributed by atoms with Gasteiger partial charge in [0.15, 0.2) is 0 Å². The molecule has 1 aromatic carbocycles. The van der Waals surface area contributed by atoms with Gasteiger partial charge in [0, 0.05) is 19.6 Å². The number of rotatable bonds is 2. The van der Waals surface area contributed by atoms with Crippen LogP contribution in [0.15, 0.2) is 21.1 Å². The molecule has 0 amide bonds. The van der Waals surface area contributed by atoms with Crippen molar-refractivity contribution < 1.29 is 9.84 Å². The third-order valence-electron chi connectivity index (χ3n) is 3.60. The summed E-state index contributed by atoms with van der Waals surface area (Å²) >= 11 is 6.75. The predicted octanol–water partition coefficient (Wildman–Crippen LogP) is 3.28. The molecule has 0 spiro atoms. The minimum absolute atomic E-state index is 0.265. The van der Waals surface area contributed by atoms with Crippen LogP contribution in [0.3, 0.4) is 0 Å². The highest BCUT2D eigenvalue weighted by atomic mass is 79.9. The van der Waals surface area contributed by atoms with Crippen LogP contribution in [0.5, 0.6) is 5.75 Å². The van der Waals surface area contributed by atoms with E-state index in [1.807, 2.05) is 12.1 Å². The largest absolute Gasteiger partial charge is 0.506 e. The van der Waals surface area contributed by atoms with Gasteiger partial charge in [0.2, 0.25) is 0 Å². The molecule has 2 saturated heterocycles. The number of aromatic hydroxyl groups is 1. The average molecular weight is 377 g/mol. The highest BCUT2D eigenvalue weighted by Gasteiger charge is 2.33. The SMILES string of the molecule is Oc1c(Br)cc(CN2CC3CCC(C2)O3)cc1Br. The summed E-state index contributed by atoms with van der Waals surface area (Å²) in [7, 11) is 0.